The maximum absolute atomic E-state index is 12.8. The molecule has 0 radical (unpaired) electrons. The molecule has 3 N–H and O–H groups in total. The van der Waals surface area contributed by atoms with Crippen LogP contribution in [0.2, 0.25) is 0 Å². The van der Waals surface area contributed by atoms with Gasteiger partial charge in [0.2, 0.25) is 5.91 Å². The molecule has 3 aromatic rings. The summed E-state index contributed by atoms with van der Waals surface area (Å²) in [6.07, 6.45) is 0.234. The Morgan fingerprint density at radius 2 is 1.52 bits per heavy atom. The van der Waals surface area contributed by atoms with Crippen LogP contribution in [-0.2, 0) is 16.0 Å². The Labute approximate surface area is 168 Å². The molecule has 2 atom stereocenters. The molecule has 6 heteroatoms. The van der Waals surface area contributed by atoms with Crippen LogP contribution in [0.25, 0.3) is 10.8 Å². The second kappa shape index (κ2) is 9.01. The molecule has 29 heavy (non-hydrogen) atoms. The highest BCUT2D eigenvalue weighted by Crippen LogP contribution is 2.20. The summed E-state index contributed by atoms with van der Waals surface area (Å²) in [5.74, 6) is -2.08. The number of carbonyl (C=O) groups is 3. The number of carboxylic acids is 1. The van der Waals surface area contributed by atoms with Crippen LogP contribution in [-0.4, -0.2) is 35.0 Å². The Bertz CT molecular complexity index is 1030. The fourth-order valence-corrected chi connectivity index (χ4v) is 3.11. The van der Waals surface area contributed by atoms with Crippen LogP contribution in [0, 0.1) is 0 Å². The van der Waals surface area contributed by atoms with Gasteiger partial charge in [0.1, 0.15) is 12.1 Å². The van der Waals surface area contributed by atoms with Crippen LogP contribution in [0.4, 0.5) is 0 Å². The monoisotopic (exact) mass is 390 g/mol. The number of rotatable bonds is 7. The predicted octanol–water partition coefficient (Wildman–Crippen LogP) is 2.77. The number of benzene rings is 3. The first-order valence-corrected chi connectivity index (χ1v) is 9.31. The molecule has 2 amide bonds. The topological polar surface area (TPSA) is 95.5 Å². The average Bonchev–Trinajstić information content (AvgIpc) is 2.73. The quantitative estimate of drug-likeness (QED) is 0.578. The van der Waals surface area contributed by atoms with Crippen LogP contribution in [0.5, 0.6) is 0 Å². The Balaban J connectivity index is 1.88. The molecule has 0 fully saturated rings. The van der Waals surface area contributed by atoms with Gasteiger partial charge in [0, 0.05) is 12.0 Å². The third-order valence-electron chi connectivity index (χ3n) is 4.69. The van der Waals surface area contributed by atoms with E-state index >= 15 is 0 Å². The molecule has 0 aromatic heterocycles. The van der Waals surface area contributed by atoms with Gasteiger partial charge in [-0.15, -0.1) is 0 Å². The second-order valence-electron chi connectivity index (χ2n) is 6.80. The SMILES string of the molecule is CC(NC(=O)C(Cc1cccc2ccccc12)NC(=O)c1ccccc1)C(=O)O. The predicted molar refractivity (Wildman–Crippen MR) is 111 cm³/mol. The maximum Gasteiger partial charge on any atom is 0.325 e. The lowest BCUT2D eigenvalue weighted by atomic mass is 9.98. The van der Waals surface area contributed by atoms with E-state index in [0.29, 0.717) is 5.56 Å². The van der Waals surface area contributed by atoms with Crippen molar-refractivity contribution in [3.05, 3.63) is 83.9 Å². The highest BCUT2D eigenvalue weighted by molar-refractivity contribution is 5.98. The molecule has 0 aliphatic carbocycles. The molecule has 0 saturated carbocycles. The molecule has 6 nitrogen and oxygen atoms in total. The second-order valence-corrected chi connectivity index (χ2v) is 6.80. The Morgan fingerprint density at radius 3 is 2.24 bits per heavy atom. The van der Waals surface area contributed by atoms with Crippen molar-refractivity contribution >= 4 is 28.6 Å². The van der Waals surface area contributed by atoms with Gasteiger partial charge < -0.3 is 15.7 Å². The molecule has 0 spiro atoms. The van der Waals surface area contributed by atoms with E-state index in [4.69, 9.17) is 5.11 Å². The molecular weight excluding hydrogens is 368 g/mol. The van der Waals surface area contributed by atoms with E-state index in [0.717, 1.165) is 16.3 Å². The van der Waals surface area contributed by atoms with E-state index in [2.05, 4.69) is 10.6 Å². The van der Waals surface area contributed by atoms with E-state index in [9.17, 15) is 14.4 Å². The van der Waals surface area contributed by atoms with Gasteiger partial charge in [-0.2, -0.15) is 0 Å². The molecule has 0 saturated heterocycles. The Morgan fingerprint density at radius 1 is 0.862 bits per heavy atom. The normalized spacial score (nSPS) is 12.7. The van der Waals surface area contributed by atoms with Crippen molar-refractivity contribution < 1.29 is 19.5 Å². The van der Waals surface area contributed by atoms with E-state index < -0.39 is 29.9 Å². The third-order valence-corrected chi connectivity index (χ3v) is 4.69. The summed E-state index contributed by atoms with van der Waals surface area (Å²) in [5, 5.41) is 16.3. The van der Waals surface area contributed by atoms with Gasteiger partial charge in [-0.05, 0) is 35.4 Å². The molecule has 0 bridgehead atoms. The number of carboxylic acid groups (broad SMARTS) is 1. The van der Waals surface area contributed by atoms with Crippen molar-refractivity contribution in [2.45, 2.75) is 25.4 Å². The standard InChI is InChI=1S/C23H22N2O4/c1-15(23(28)29)24-22(27)20(25-21(26)17-9-3-2-4-10-17)14-18-12-7-11-16-8-5-6-13-19(16)18/h2-13,15,20H,14H2,1H3,(H,24,27)(H,25,26)(H,28,29). The van der Waals surface area contributed by atoms with Gasteiger partial charge >= 0.3 is 5.97 Å². The lowest BCUT2D eigenvalue weighted by Gasteiger charge is -2.21. The summed E-state index contributed by atoms with van der Waals surface area (Å²) in [5.41, 5.74) is 1.31. The van der Waals surface area contributed by atoms with Gasteiger partial charge in [-0.1, -0.05) is 60.7 Å². The minimum absolute atomic E-state index is 0.234. The number of hydrogen-bond acceptors (Lipinski definition) is 3. The summed E-state index contributed by atoms with van der Waals surface area (Å²) < 4.78 is 0. The van der Waals surface area contributed by atoms with Gasteiger partial charge in [0.15, 0.2) is 0 Å². The fraction of sp³-hybridized carbons (Fsp3) is 0.174. The molecule has 0 aliphatic rings. The first-order chi connectivity index (χ1) is 14.0. The molecule has 2 unspecified atom stereocenters. The molecule has 0 heterocycles. The summed E-state index contributed by atoms with van der Waals surface area (Å²) in [4.78, 5) is 36.5. The van der Waals surface area contributed by atoms with Crippen LogP contribution in [0.15, 0.2) is 72.8 Å². The number of carbonyl (C=O) groups excluding carboxylic acids is 2. The number of aliphatic carboxylic acids is 1. The fourth-order valence-electron chi connectivity index (χ4n) is 3.11. The first-order valence-electron chi connectivity index (χ1n) is 9.31. The lowest BCUT2D eigenvalue weighted by molar-refractivity contribution is -0.141. The van der Waals surface area contributed by atoms with Crippen LogP contribution >= 0.6 is 0 Å². The summed E-state index contributed by atoms with van der Waals surface area (Å²) in [6, 6.07) is 20.1. The molecule has 148 valence electrons. The number of hydrogen-bond donors (Lipinski definition) is 3. The van der Waals surface area contributed by atoms with E-state index in [1.807, 2.05) is 42.5 Å². The van der Waals surface area contributed by atoms with Crippen LogP contribution in [0.3, 0.4) is 0 Å². The first kappa shape index (κ1) is 20.1. The Kier molecular flexibility index (Phi) is 6.24. The van der Waals surface area contributed by atoms with Crippen LogP contribution in [0.1, 0.15) is 22.8 Å². The lowest BCUT2D eigenvalue weighted by Crippen LogP contribution is -2.51. The minimum Gasteiger partial charge on any atom is -0.480 e. The number of fused-ring (bicyclic) bond motifs is 1. The van der Waals surface area contributed by atoms with Crippen molar-refractivity contribution in [2.24, 2.45) is 0 Å². The van der Waals surface area contributed by atoms with Crippen molar-refractivity contribution in [3.63, 3.8) is 0 Å². The number of amides is 2. The van der Waals surface area contributed by atoms with Gasteiger partial charge in [0.05, 0.1) is 0 Å². The van der Waals surface area contributed by atoms with Crippen molar-refractivity contribution in [2.75, 3.05) is 0 Å². The largest absolute Gasteiger partial charge is 0.480 e. The molecule has 0 aliphatic heterocycles. The third kappa shape index (κ3) is 4.99. The zero-order valence-corrected chi connectivity index (χ0v) is 16.0. The van der Waals surface area contributed by atoms with E-state index in [1.54, 1.807) is 30.3 Å². The maximum atomic E-state index is 12.8. The molecule has 3 aromatic carbocycles. The van der Waals surface area contributed by atoms with Crippen molar-refractivity contribution in [1.82, 2.24) is 10.6 Å². The van der Waals surface area contributed by atoms with E-state index in [1.165, 1.54) is 6.92 Å². The van der Waals surface area contributed by atoms with Gasteiger partial charge in [-0.25, -0.2) is 0 Å². The summed E-state index contributed by atoms with van der Waals surface area (Å²) in [6.45, 7) is 1.38. The zero-order chi connectivity index (χ0) is 20.8. The summed E-state index contributed by atoms with van der Waals surface area (Å²) in [7, 11) is 0. The molecule has 3 rings (SSSR count). The minimum atomic E-state index is -1.14. The number of nitrogens with one attached hydrogen (secondary N) is 2. The highest BCUT2D eigenvalue weighted by atomic mass is 16.4. The van der Waals surface area contributed by atoms with Gasteiger partial charge in [-0.3, -0.25) is 14.4 Å². The van der Waals surface area contributed by atoms with Crippen molar-refractivity contribution in [1.29, 1.82) is 0 Å². The van der Waals surface area contributed by atoms with Crippen LogP contribution < -0.4 is 10.6 Å². The summed E-state index contributed by atoms with van der Waals surface area (Å²) >= 11 is 0. The van der Waals surface area contributed by atoms with Gasteiger partial charge in [0.25, 0.3) is 5.91 Å². The molecular formula is C23H22N2O4. The highest BCUT2D eigenvalue weighted by Gasteiger charge is 2.25. The average molecular weight is 390 g/mol. The zero-order valence-electron chi connectivity index (χ0n) is 16.0. The smallest absolute Gasteiger partial charge is 0.325 e. The Hall–Kier alpha value is -3.67. The van der Waals surface area contributed by atoms with E-state index in [-0.39, 0.29) is 6.42 Å². The van der Waals surface area contributed by atoms with Crippen molar-refractivity contribution in [3.8, 4) is 0 Å².